The van der Waals surface area contributed by atoms with Gasteiger partial charge in [0.1, 0.15) is 0 Å². The highest BCUT2D eigenvalue weighted by Crippen LogP contribution is 2.16. The van der Waals surface area contributed by atoms with Crippen LogP contribution in [0.1, 0.15) is 0 Å². The SMILES string of the molecule is O=C(COC(=O)COc1ccccc1F)Nc1cccc(Br)c1. The normalized spacial score (nSPS) is 10.0. The van der Waals surface area contributed by atoms with Crippen LogP contribution >= 0.6 is 15.9 Å². The van der Waals surface area contributed by atoms with Gasteiger partial charge in [-0.25, -0.2) is 9.18 Å². The van der Waals surface area contributed by atoms with Gasteiger partial charge in [0.2, 0.25) is 0 Å². The first-order valence-electron chi connectivity index (χ1n) is 6.63. The number of carbonyl (C=O) groups is 2. The Morgan fingerprint density at radius 3 is 2.61 bits per heavy atom. The third kappa shape index (κ3) is 5.71. The average molecular weight is 382 g/mol. The first kappa shape index (κ1) is 17.0. The Kier molecular flexibility index (Phi) is 6.10. The van der Waals surface area contributed by atoms with Crippen molar-refractivity contribution in [1.29, 1.82) is 0 Å². The van der Waals surface area contributed by atoms with Gasteiger partial charge < -0.3 is 14.8 Å². The van der Waals surface area contributed by atoms with Crippen LogP contribution in [0, 0.1) is 5.82 Å². The summed E-state index contributed by atoms with van der Waals surface area (Å²) in [5, 5.41) is 2.57. The molecule has 120 valence electrons. The van der Waals surface area contributed by atoms with Gasteiger partial charge in [0.25, 0.3) is 5.91 Å². The number of amides is 1. The van der Waals surface area contributed by atoms with Crippen molar-refractivity contribution in [2.45, 2.75) is 0 Å². The summed E-state index contributed by atoms with van der Waals surface area (Å²) in [6, 6.07) is 12.7. The predicted octanol–water partition coefficient (Wildman–Crippen LogP) is 3.15. The summed E-state index contributed by atoms with van der Waals surface area (Å²) in [4.78, 5) is 23.1. The minimum Gasteiger partial charge on any atom is -0.479 e. The van der Waals surface area contributed by atoms with Crippen LogP contribution in [0.5, 0.6) is 5.75 Å². The Labute approximate surface area is 140 Å². The third-order valence-electron chi connectivity index (χ3n) is 2.65. The number of rotatable bonds is 6. The first-order chi connectivity index (χ1) is 11.0. The summed E-state index contributed by atoms with van der Waals surface area (Å²) >= 11 is 3.28. The highest BCUT2D eigenvalue weighted by molar-refractivity contribution is 9.10. The number of benzene rings is 2. The van der Waals surface area contributed by atoms with Crippen LogP contribution in [0.25, 0.3) is 0 Å². The molecular weight excluding hydrogens is 369 g/mol. The third-order valence-corrected chi connectivity index (χ3v) is 3.15. The molecule has 7 heteroatoms. The molecule has 0 aliphatic carbocycles. The van der Waals surface area contributed by atoms with E-state index in [-0.39, 0.29) is 5.75 Å². The van der Waals surface area contributed by atoms with Crippen LogP contribution in [0.2, 0.25) is 0 Å². The summed E-state index contributed by atoms with van der Waals surface area (Å²) < 4.78 is 23.8. The molecule has 0 heterocycles. The number of carbonyl (C=O) groups excluding carboxylic acids is 2. The number of esters is 1. The van der Waals surface area contributed by atoms with Crippen LogP contribution in [0.3, 0.4) is 0 Å². The Balaban J connectivity index is 1.74. The molecule has 0 saturated heterocycles. The smallest absolute Gasteiger partial charge is 0.344 e. The van der Waals surface area contributed by atoms with Gasteiger partial charge in [-0.3, -0.25) is 4.79 Å². The van der Waals surface area contributed by atoms with Crippen molar-refractivity contribution in [2.75, 3.05) is 18.5 Å². The van der Waals surface area contributed by atoms with Crippen molar-refractivity contribution in [3.05, 3.63) is 58.8 Å². The van der Waals surface area contributed by atoms with Gasteiger partial charge in [0.15, 0.2) is 24.8 Å². The monoisotopic (exact) mass is 381 g/mol. The van der Waals surface area contributed by atoms with E-state index in [2.05, 4.69) is 21.2 Å². The molecule has 2 aromatic rings. The predicted molar refractivity (Wildman–Crippen MR) is 85.6 cm³/mol. The Morgan fingerprint density at radius 2 is 1.87 bits per heavy atom. The zero-order valence-electron chi connectivity index (χ0n) is 11.9. The van der Waals surface area contributed by atoms with Crippen LogP contribution in [0.15, 0.2) is 53.0 Å². The number of halogens is 2. The molecule has 5 nitrogen and oxygen atoms in total. The second-order valence-corrected chi connectivity index (χ2v) is 5.35. The van der Waals surface area contributed by atoms with E-state index in [4.69, 9.17) is 9.47 Å². The fraction of sp³-hybridized carbons (Fsp3) is 0.125. The number of hydrogen-bond acceptors (Lipinski definition) is 4. The summed E-state index contributed by atoms with van der Waals surface area (Å²) in [6.45, 7) is -0.933. The summed E-state index contributed by atoms with van der Waals surface area (Å²) in [5.41, 5.74) is 0.572. The molecule has 0 aliphatic heterocycles. The van der Waals surface area contributed by atoms with E-state index in [1.54, 1.807) is 24.3 Å². The summed E-state index contributed by atoms with van der Waals surface area (Å²) in [5.74, 6) is -1.88. The van der Waals surface area contributed by atoms with Crippen LogP contribution in [0.4, 0.5) is 10.1 Å². The molecule has 0 saturated carbocycles. The van der Waals surface area contributed by atoms with Gasteiger partial charge in [-0.05, 0) is 30.3 Å². The highest BCUT2D eigenvalue weighted by Gasteiger charge is 2.10. The van der Waals surface area contributed by atoms with Gasteiger partial charge in [-0.2, -0.15) is 0 Å². The molecule has 1 N–H and O–H groups in total. The molecule has 2 rings (SSSR count). The fourth-order valence-electron chi connectivity index (χ4n) is 1.65. The van der Waals surface area contributed by atoms with E-state index in [9.17, 15) is 14.0 Å². The molecule has 0 bridgehead atoms. The number of hydrogen-bond donors (Lipinski definition) is 1. The lowest BCUT2D eigenvalue weighted by Gasteiger charge is -2.08. The van der Waals surface area contributed by atoms with Gasteiger partial charge in [0.05, 0.1) is 0 Å². The van der Waals surface area contributed by atoms with Gasteiger partial charge in [-0.1, -0.05) is 34.1 Å². The maximum atomic E-state index is 13.3. The molecule has 0 atom stereocenters. The van der Waals surface area contributed by atoms with Crippen LogP contribution in [-0.2, 0) is 14.3 Å². The lowest BCUT2D eigenvalue weighted by molar-refractivity contribution is -0.149. The second kappa shape index (κ2) is 8.28. The maximum Gasteiger partial charge on any atom is 0.344 e. The fourth-order valence-corrected chi connectivity index (χ4v) is 2.05. The van der Waals surface area contributed by atoms with Crippen molar-refractivity contribution in [1.82, 2.24) is 0 Å². The molecule has 0 aromatic heterocycles. The van der Waals surface area contributed by atoms with Gasteiger partial charge >= 0.3 is 5.97 Å². The molecule has 0 radical (unpaired) electrons. The van der Waals surface area contributed by atoms with Crippen molar-refractivity contribution < 1.29 is 23.5 Å². The molecule has 0 unspecified atom stereocenters. The molecular formula is C16H13BrFNO4. The van der Waals surface area contributed by atoms with Gasteiger partial charge in [0, 0.05) is 10.2 Å². The van der Waals surface area contributed by atoms with Crippen molar-refractivity contribution in [3.8, 4) is 5.75 Å². The quantitative estimate of drug-likeness (QED) is 0.780. The number of ether oxygens (including phenoxy) is 2. The van der Waals surface area contributed by atoms with Crippen molar-refractivity contribution in [2.24, 2.45) is 0 Å². The standard InChI is InChI=1S/C16H13BrFNO4/c17-11-4-3-5-12(8-11)19-15(20)9-23-16(21)10-22-14-7-2-1-6-13(14)18/h1-8H,9-10H2,(H,19,20). The maximum absolute atomic E-state index is 13.3. The summed E-state index contributed by atoms with van der Waals surface area (Å²) in [6.07, 6.45) is 0. The lowest BCUT2D eigenvalue weighted by atomic mass is 10.3. The number of anilines is 1. The molecule has 0 aliphatic rings. The molecule has 23 heavy (non-hydrogen) atoms. The van der Waals surface area contributed by atoms with E-state index in [1.165, 1.54) is 18.2 Å². The zero-order valence-corrected chi connectivity index (χ0v) is 13.5. The van der Waals surface area contributed by atoms with E-state index >= 15 is 0 Å². The van der Waals surface area contributed by atoms with Gasteiger partial charge in [-0.15, -0.1) is 0 Å². The minimum atomic E-state index is -0.766. The highest BCUT2D eigenvalue weighted by atomic mass is 79.9. The molecule has 1 amide bonds. The second-order valence-electron chi connectivity index (χ2n) is 4.44. The molecule has 0 spiro atoms. The lowest BCUT2D eigenvalue weighted by Crippen LogP contribution is -2.23. The summed E-state index contributed by atoms with van der Waals surface area (Å²) in [7, 11) is 0. The Morgan fingerprint density at radius 1 is 1.09 bits per heavy atom. The zero-order chi connectivity index (χ0) is 16.7. The minimum absolute atomic E-state index is 0.0527. The number of nitrogens with one attached hydrogen (secondary N) is 1. The van der Waals surface area contributed by atoms with E-state index in [0.29, 0.717) is 5.69 Å². The van der Waals surface area contributed by atoms with Crippen LogP contribution < -0.4 is 10.1 Å². The largest absolute Gasteiger partial charge is 0.479 e. The van der Waals surface area contributed by atoms with Crippen LogP contribution in [-0.4, -0.2) is 25.1 Å². The average Bonchev–Trinajstić information content (AvgIpc) is 2.52. The number of para-hydroxylation sites is 1. The van der Waals surface area contributed by atoms with Crippen molar-refractivity contribution >= 4 is 33.5 Å². The Bertz CT molecular complexity index is 708. The first-order valence-corrected chi connectivity index (χ1v) is 7.42. The van der Waals surface area contributed by atoms with E-state index in [0.717, 1.165) is 4.47 Å². The Hall–Kier alpha value is -2.41. The van der Waals surface area contributed by atoms with E-state index < -0.39 is 30.9 Å². The topological polar surface area (TPSA) is 64.6 Å². The molecule has 2 aromatic carbocycles. The molecule has 0 fully saturated rings. The van der Waals surface area contributed by atoms with E-state index in [1.807, 2.05) is 6.07 Å². The van der Waals surface area contributed by atoms with Crippen molar-refractivity contribution in [3.63, 3.8) is 0 Å².